The number of pyridine rings is 1. The molecule has 4 nitrogen and oxygen atoms in total. The fourth-order valence-electron chi connectivity index (χ4n) is 2.56. The normalized spacial score (nSPS) is 12.5. The van der Waals surface area contributed by atoms with Crippen LogP contribution >= 0.6 is 0 Å². The van der Waals surface area contributed by atoms with Gasteiger partial charge in [0.05, 0.1) is 0 Å². The zero-order chi connectivity index (χ0) is 15.6. The molecular weight excluding hydrogens is 260 g/mol. The second kappa shape index (κ2) is 6.31. The Hall–Kier alpha value is -1.81. The van der Waals surface area contributed by atoms with Gasteiger partial charge in [-0.3, -0.25) is 4.98 Å². The first kappa shape index (κ1) is 15.6. The van der Waals surface area contributed by atoms with Gasteiger partial charge in [0.25, 0.3) is 0 Å². The van der Waals surface area contributed by atoms with Gasteiger partial charge in [-0.25, -0.2) is 9.97 Å². The van der Waals surface area contributed by atoms with Gasteiger partial charge < -0.3 is 5.73 Å². The van der Waals surface area contributed by atoms with Crippen LogP contribution in [-0.2, 0) is 6.42 Å². The van der Waals surface area contributed by atoms with Crippen LogP contribution in [0.5, 0.6) is 0 Å². The smallest absolute Gasteiger partial charge is 0.159 e. The average molecular weight is 284 g/mol. The Labute approximate surface area is 126 Å². The van der Waals surface area contributed by atoms with Crippen molar-refractivity contribution in [2.75, 3.05) is 6.54 Å². The zero-order valence-corrected chi connectivity index (χ0v) is 13.6. The summed E-state index contributed by atoms with van der Waals surface area (Å²) < 4.78 is 0. The standard InChI is InChI=1S/C17H24N4/c1-10(9-18)6-16-13(4)20-17(21-14(16)5)15-7-11(2)19-12(3)8-15/h7-8,10H,6,9,18H2,1-5H3. The largest absolute Gasteiger partial charge is 0.330 e. The van der Waals surface area contributed by atoms with Crippen molar-refractivity contribution in [2.45, 2.75) is 41.0 Å². The third-order valence-electron chi connectivity index (χ3n) is 3.72. The Morgan fingerprint density at radius 2 is 1.48 bits per heavy atom. The molecule has 0 aliphatic carbocycles. The van der Waals surface area contributed by atoms with Gasteiger partial charge in [0.15, 0.2) is 5.82 Å². The molecule has 1 atom stereocenters. The number of nitrogens with zero attached hydrogens (tertiary/aromatic N) is 3. The van der Waals surface area contributed by atoms with Crippen LogP contribution < -0.4 is 5.73 Å². The summed E-state index contributed by atoms with van der Waals surface area (Å²) in [5.41, 5.74) is 12.1. The molecule has 21 heavy (non-hydrogen) atoms. The van der Waals surface area contributed by atoms with Crippen molar-refractivity contribution in [3.63, 3.8) is 0 Å². The molecule has 0 aliphatic rings. The van der Waals surface area contributed by atoms with Crippen LogP contribution in [0, 0.1) is 33.6 Å². The van der Waals surface area contributed by atoms with E-state index in [0.29, 0.717) is 12.5 Å². The lowest BCUT2D eigenvalue weighted by Gasteiger charge is -2.14. The van der Waals surface area contributed by atoms with Gasteiger partial charge in [0.2, 0.25) is 0 Å². The van der Waals surface area contributed by atoms with Crippen LogP contribution in [0.25, 0.3) is 11.4 Å². The van der Waals surface area contributed by atoms with Gasteiger partial charge >= 0.3 is 0 Å². The van der Waals surface area contributed by atoms with Crippen LogP contribution in [-0.4, -0.2) is 21.5 Å². The number of rotatable bonds is 4. The molecule has 0 amide bonds. The van der Waals surface area contributed by atoms with Gasteiger partial charge in [0, 0.05) is 28.3 Å². The first-order chi connectivity index (χ1) is 9.90. The summed E-state index contributed by atoms with van der Waals surface area (Å²) >= 11 is 0. The zero-order valence-electron chi connectivity index (χ0n) is 13.6. The molecule has 2 N–H and O–H groups in total. The Morgan fingerprint density at radius 1 is 0.952 bits per heavy atom. The van der Waals surface area contributed by atoms with Gasteiger partial charge in [0.1, 0.15) is 0 Å². The lowest BCUT2D eigenvalue weighted by Crippen LogP contribution is -2.15. The minimum atomic E-state index is 0.447. The van der Waals surface area contributed by atoms with E-state index in [9.17, 15) is 0 Å². The summed E-state index contributed by atoms with van der Waals surface area (Å²) in [5.74, 6) is 1.23. The second-order valence-electron chi connectivity index (χ2n) is 5.88. The molecule has 0 spiro atoms. The fourth-order valence-corrected chi connectivity index (χ4v) is 2.56. The van der Waals surface area contributed by atoms with E-state index in [1.165, 1.54) is 5.56 Å². The highest BCUT2D eigenvalue weighted by Gasteiger charge is 2.13. The molecule has 0 aliphatic heterocycles. The van der Waals surface area contributed by atoms with E-state index in [4.69, 9.17) is 15.7 Å². The number of aromatic nitrogens is 3. The molecular formula is C17H24N4. The maximum absolute atomic E-state index is 5.73. The van der Waals surface area contributed by atoms with Crippen LogP contribution in [0.15, 0.2) is 12.1 Å². The van der Waals surface area contributed by atoms with E-state index in [0.717, 1.165) is 40.6 Å². The molecule has 2 aromatic heterocycles. The molecule has 112 valence electrons. The fraction of sp³-hybridized carbons (Fsp3) is 0.471. The van der Waals surface area contributed by atoms with Crippen LogP contribution in [0.4, 0.5) is 0 Å². The van der Waals surface area contributed by atoms with Crippen molar-refractivity contribution in [1.82, 2.24) is 15.0 Å². The predicted molar refractivity (Wildman–Crippen MR) is 86.1 cm³/mol. The highest BCUT2D eigenvalue weighted by molar-refractivity contribution is 5.56. The van der Waals surface area contributed by atoms with Crippen LogP contribution in [0.2, 0.25) is 0 Å². The summed E-state index contributed by atoms with van der Waals surface area (Å²) in [7, 11) is 0. The van der Waals surface area contributed by atoms with E-state index < -0.39 is 0 Å². The molecule has 0 radical (unpaired) electrons. The summed E-state index contributed by atoms with van der Waals surface area (Å²) in [6.07, 6.45) is 0.933. The first-order valence-corrected chi connectivity index (χ1v) is 7.40. The lowest BCUT2D eigenvalue weighted by atomic mass is 9.98. The number of hydrogen-bond donors (Lipinski definition) is 1. The molecule has 2 heterocycles. The Bertz CT molecular complexity index is 606. The third-order valence-corrected chi connectivity index (χ3v) is 3.72. The van der Waals surface area contributed by atoms with Crippen molar-refractivity contribution in [2.24, 2.45) is 11.7 Å². The molecule has 0 saturated heterocycles. The second-order valence-corrected chi connectivity index (χ2v) is 5.88. The van der Waals surface area contributed by atoms with E-state index in [1.54, 1.807) is 0 Å². The topological polar surface area (TPSA) is 64.7 Å². The van der Waals surface area contributed by atoms with E-state index in [1.807, 2.05) is 26.0 Å². The van der Waals surface area contributed by atoms with Crippen molar-refractivity contribution in [3.05, 3.63) is 40.5 Å². The predicted octanol–water partition coefficient (Wildman–Crippen LogP) is 2.91. The molecule has 0 fully saturated rings. The highest BCUT2D eigenvalue weighted by atomic mass is 14.9. The molecule has 0 saturated carbocycles. The first-order valence-electron chi connectivity index (χ1n) is 7.40. The Kier molecular flexibility index (Phi) is 4.68. The molecule has 4 heteroatoms. The Balaban J connectivity index is 2.43. The highest BCUT2D eigenvalue weighted by Crippen LogP contribution is 2.21. The van der Waals surface area contributed by atoms with Crippen LogP contribution in [0.3, 0.4) is 0 Å². The number of nitrogens with two attached hydrogens (primary N) is 1. The maximum Gasteiger partial charge on any atom is 0.159 e. The quantitative estimate of drug-likeness (QED) is 0.937. The molecule has 0 aromatic carbocycles. The molecule has 2 rings (SSSR count). The summed E-state index contributed by atoms with van der Waals surface area (Å²) in [4.78, 5) is 13.8. The third kappa shape index (κ3) is 3.64. The van der Waals surface area contributed by atoms with Crippen molar-refractivity contribution >= 4 is 0 Å². The van der Waals surface area contributed by atoms with Crippen LogP contribution in [0.1, 0.15) is 35.3 Å². The van der Waals surface area contributed by atoms with E-state index in [2.05, 4.69) is 25.8 Å². The molecule has 2 aromatic rings. The SMILES string of the molecule is Cc1cc(-c2nc(C)c(CC(C)CN)c(C)n2)cc(C)n1. The number of hydrogen-bond acceptors (Lipinski definition) is 4. The lowest BCUT2D eigenvalue weighted by molar-refractivity contribution is 0.586. The Morgan fingerprint density at radius 3 is 1.95 bits per heavy atom. The van der Waals surface area contributed by atoms with Crippen molar-refractivity contribution in [3.8, 4) is 11.4 Å². The van der Waals surface area contributed by atoms with Gasteiger partial charge in [-0.1, -0.05) is 6.92 Å². The van der Waals surface area contributed by atoms with E-state index in [-0.39, 0.29) is 0 Å². The van der Waals surface area contributed by atoms with Gasteiger partial charge in [-0.15, -0.1) is 0 Å². The summed E-state index contributed by atoms with van der Waals surface area (Å²) in [6.45, 7) is 10.9. The van der Waals surface area contributed by atoms with Gasteiger partial charge in [-0.05, 0) is 64.3 Å². The van der Waals surface area contributed by atoms with Gasteiger partial charge in [-0.2, -0.15) is 0 Å². The van der Waals surface area contributed by atoms with Crippen molar-refractivity contribution in [1.29, 1.82) is 0 Å². The molecule has 1 unspecified atom stereocenters. The van der Waals surface area contributed by atoms with E-state index >= 15 is 0 Å². The monoisotopic (exact) mass is 284 g/mol. The summed E-state index contributed by atoms with van der Waals surface area (Å²) in [5, 5.41) is 0. The number of aryl methyl sites for hydroxylation is 4. The summed E-state index contributed by atoms with van der Waals surface area (Å²) in [6, 6.07) is 4.06. The van der Waals surface area contributed by atoms with Crippen molar-refractivity contribution < 1.29 is 0 Å². The average Bonchev–Trinajstić information content (AvgIpc) is 2.41. The minimum absolute atomic E-state index is 0.447. The maximum atomic E-state index is 5.73. The molecule has 0 bridgehead atoms. The minimum Gasteiger partial charge on any atom is -0.330 e.